The van der Waals surface area contributed by atoms with Gasteiger partial charge in [-0.05, 0) is 43.0 Å². The number of piperazine rings is 1. The fourth-order valence-corrected chi connectivity index (χ4v) is 5.05. The summed E-state index contributed by atoms with van der Waals surface area (Å²) >= 11 is 0. The molecule has 0 radical (unpaired) electrons. The van der Waals surface area contributed by atoms with E-state index >= 15 is 0 Å². The van der Waals surface area contributed by atoms with Crippen molar-refractivity contribution in [2.75, 3.05) is 38.2 Å². The van der Waals surface area contributed by atoms with Crippen molar-refractivity contribution in [1.82, 2.24) is 14.5 Å². The lowest BCUT2D eigenvalue weighted by atomic mass is 10.2. The lowest BCUT2D eigenvalue weighted by Crippen LogP contribution is -2.49. The van der Waals surface area contributed by atoms with Crippen LogP contribution >= 0.6 is 0 Å². The Morgan fingerprint density at radius 1 is 1.07 bits per heavy atom. The molecular formula is C18H21FN4O3S. The Morgan fingerprint density at radius 2 is 1.85 bits per heavy atom. The molecule has 0 bridgehead atoms. The number of fused-ring (bicyclic) bond motifs is 1. The Morgan fingerprint density at radius 3 is 2.56 bits per heavy atom. The van der Waals surface area contributed by atoms with Gasteiger partial charge in [0.1, 0.15) is 16.5 Å². The number of halogens is 1. The van der Waals surface area contributed by atoms with Crippen LogP contribution in [0.1, 0.15) is 17.7 Å². The van der Waals surface area contributed by atoms with E-state index in [-0.39, 0.29) is 23.7 Å². The number of hydrogen-bond acceptors (Lipinski definition) is 6. The first-order chi connectivity index (χ1) is 13.0. The van der Waals surface area contributed by atoms with Gasteiger partial charge < -0.3 is 9.64 Å². The third-order valence-corrected chi connectivity index (χ3v) is 7.06. The molecule has 4 rings (SSSR count). The molecule has 7 nitrogen and oxygen atoms in total. The molecule has 1 aliphatic heterocycles. The van der Waals surface area contributed by atoms with Crippen molar-refractivity contribution in [2.45, 2.75) is 24.2 Å². The Balaban J connectivity index is 1.48. The normalized spacial score (nSPS) is 17.8. The van der Waals surface area contributed by atoms with Crippen LogP contribution in [-0.2, 0) is 22.9 Å². The van der Waals surface area contributed by atoms with Gasteiger partial charge in [0.15, 0.2) is 5.82 Å². The summed E-state index contributed by atoms with van der Waals surface area (Å²) in [6.07, 6.45) is 3.10. The number of aryl methyl sites for hydroxylation is 2. The molecule has 1 aromatic heterocycles. The van der Waals surface area contributed by atoms with Crippen LogP contribution in [0.15, 0.2) is 29.2 Å². The van der Waals surface area contributed by atoms with E-state index in [2.05, 4.69) is 16.3 Å². The summed E-state index contributed by atoms with van der Waals surface area (Å²) in [5, 5.41) is 8.58. The number of nitrogens with zero attached hydrogens (tertiary/aromatic N) is 4. The number of sulfonamides is 1. The molecule has 0 saturated carbocycles. The van der Waals surface area contributed by atoms with Gasteiger partial charge in [-0.15, -0.1) is 5.10 Å². The van der Waals surface area contributed by atoms with Gasteiger partial charge in [-0.1, -0.05) is 0 Å². The predicted octanol–water partition coefficient (Wildman–Crippen LogP) is 1.62. The summed E-state index contributed by atoms with van der Waals surface area (Å²) in [6, 6.07) is 5.85. The highest BCUT2D eigenvalue weighted by Crippen LogP contribution is 2.26. The van der Waals surface area contributed by atoms with Gasteiger partial charge in [-0.25, -0.2) is 12.8 Å². The topological polar surface area (TPSA) is 75.6 Å². The van der Waals surface area contributed by atoms with E-state index in [1.165, 1.54) is 29.1 Å². The second kappa shape index (κ2) is 7.05. The number of hydrogen-bond donors (Lipinski definition) is 0. The minimum absolute atomic E-state index is 0.270. The van der Waals surface area contributed by atoms with Crippen LogP contribution in [0.25, 0.3) is 0 Å². The first-order valence-corrected chi connectivity index (χ1v) is 10.4. The molecule has 144 valence electrons. The van der Waals surface area contributed by atoms with Crippen LogP contribution in [0.2, 0.25) is 0 Å². The summed E-state index contributed by atoms with van der Waals surface area (Å²) in [4.78, 5) is 1.70. The van der Waals surface area contributed by atoms with Crippen LogP contribution in [0.5, 0.6) is 5.75 Å². The minimum Gasteiger partial charge on any atom is -0.497 e. The van der Waals surface area contributed by atoms with Crippen molar-refractivity contribution in [1.29, 1.82) is 0 Å². The van der Waals surface area contributed by atoms with Crippen LogP contribution in [0, 0.1) is 5.82 Å². The molecule has 2 aromatic rings. The molecule has 1 saturated heterocycles. The van der Waals surface area contributed by atoms with E-state index in [1.54, 1.807) is 0 Å². The number of rotatable bonds is 4. The van der Waals surface area contributed by atoms with Gasteiger partial charge in [0.25, 0.3) is 0 Å². The van der Waals surface area contributed by atoms with Crippen LogP contribution in [0.4, 0.5) is 10.2 Å². The monoisotopic (exact) mass is 392 g/mol. The Hall–Kier alpha value is -2.26. The minimum atomic E-state index is -3.89. The largest absolute Gasteiger partial charge is 0.497 e. The lowest BCUT2D eigenvalue weighted by Gasteiger charge is -2.34. The first-order valence-electron chi connectivity index (χ1n) is 8.93. The highest BCUT2D eigenvalue weighted by atomic mass is 32.2. The molecule has 0 spiro atoms. The highest BCUT2D eigenvalue weighted by Gasteiger charge is 2.31. The maximum Gasteiger partial charge on any atom is 0.246 e. The van der Waals surface area contributed by atoms with Gasteiger partial charge in [-0.3, -0.25) is 0 Å². The molecule has 1 aliphatic carbocycles. The number of anilines is 1. The van der Waals surface area contributed by atoms with E-state index < -0.39 is 15.8 Å². The molecule has 1 fully saturated rings. The van der Waals surface area contributed by atoms with Crippen LogP contribution in [-0.4, -0.2) is 56.2 Å². The van der Waals surface area contributed by atoms with E-state index in [9.17, 15) is 12.8 Å². The van der Waals surface area contributed by atoms with E-state index in [0.717, 1.165) is 36.8 Å². The van der Waals surface area contributed by atoms with Gasteiger partial charge in [0.05, 0.1) is 12.8 Å². The van der Waals surface area contributed by atoms with E-state index in [4.69, 9.17) is 4.74 Å². The molecular weight excluding hydrogens is 371 g/mol. The fraction of sp³-hybridized carbons (Fsp3) is 0.444. The van der Waals surface area contributed by atoms with Crippen LogP contribution < -0.4 is 9.64 Å². The molecule has 0 amide bonds. The molecule has 0 atom stereocenters. The van der Waals surface area contributed by atoms with Crippen molar-refractivity contribution in [3.05, 3.63) is 41.3 Å². The molecule has 0 unspecified atom stereocenters. The quantitative estimate of drug-likeness (QED) is 0.787. The average Bonchev–Trinajstić information content (AvgIpc) is 3.15. The fourth-order valence-electron chi connectivity index (χ4n) is 3.59. The highest BCUT2D eigenvalue weighted by molar-refractivity contribution is 7.89. The zero-order valence-corrected chi connectivity index (χ0v) is 15.9. The number of ether oxygens (including phenoxy) is 1. The third-order valence-electron chi connectivity index (χ3n) is 5.13. The third kappa shape index (κ3) is 3.37. The number of benzene rings is 1. The zero-order chi connectivity index (χ0) is 19.0. The molecule has 9 heteroatoms. The Kier molecular flexibility index (Phi) is 4.73. The Labute approximate surface area is 157 Å². The molecule has 1 aromatic carbocycles. The smallest absolute Gasteiger partial charge is 0.246 e. The lowest BCUT2D eigenvalue weighted by molar-refractivity contribution is 0.380. The SMILES string of the molecule is COc1ccc(S(=O)(=O)N2CCN(c3cc4c(nn3)CCC4)CC2)c(F)c1. The van der Waals surface area contributed by atoms with E-state index in [0.29, 0.717) is 13.1 Å². The number of methoxy groups -OCH3 is 1. The standard InChI is InChI=1S/C18H21FN4O3S/c1-26-14-5-6-17(15(19)12-14)27(24,25)23-9-7-22(8-10-23)18-11-13-3-2-4-16(13)20-21-18/h5-6,11-12H,2-4,7-10H2,1H3. The van der Waals surface area contributed by atoms with Gasteiger partial charge in [0.2, 0.25) is 10.0 Å². The molecule has 2 heterocycles. The van der Waals surface area contributed by atoms with Gasteiger partial charge in [-0.2, -0.15) is 9.40 Å². The molecule has 0 N–H and O–H groups in total. The van der Waals surface area contributed by atoms with Crippen LogP contribution in [0.3, 0.4) is 0 Å². The maximum atomic E-state index is 14.2. The van der Waals surface area contributed by atoms with Gasteiger partial charge >= 0.3 is 0 Å². The van der Waals surface area contributed by atoms with Crippen molar-refractivity contribution in [2.24, 2.45) is 0 Å². The van der Waals surface area contributed by atoms with Crippen molar-refractivity contribution >= 4 is 15.8 Å². The summed E-state index contributed by atoms with van der Waals surface area (Å²) in [5.74, 6) is 0.260. The predicted molar refractivity (Wildman–Crippen MR) is 98.0 cm³/mol. The average molecular weight is 392 g/mol. The zero-order valence-electron chi connectivity index (χ0n) is 15.1. The maximum absolute atomic E-state index is 14.2. The summed E-state index contributed by atoms with van der Waals surface area (Å²) in [7, 11) is -2.49. The second-order valence-electron chi connectivity index (χ2n) is 6.72. The van der Waals surface area contributed by atoms with Gasteiger partial charge in [0, 0.05) is 32.2 Å². The summed E-state index contributed by atoms with van der Waals surface area (Å²) in [5.41, 5.74) is 2.30. The van der Waals surface area contributed by atoms with Crippen molar-refractivity contribution < 1.29 is 17.5 Å². The first kappa shape index (κ1) is 18.1. The number of aromatic nitrogens is 2. The Bertz CT molecular complexity index is 959. The van der Waals surface area contributed by atoms with E-state index in [1.807, 2.05) is 4.90 Å². The summed E-state index contributed by atoms with van der Waals surface area (Å²) in [6.45, 7) is 1.52. The van der Waals surface area contributed by atoms with Crippen molar-refractivity contribution in [3.8, 4) is 5.75 Å². The molecule has 2 aliphatic rings. The van der Waals surface area contributed by atoms with Crippen molar-refractivity contribution in [3.63, 3.8) is 0 Å². The molecule has 27 heavy (non-hydrogen) atoms. The second-order valence-corrected chi connectivity index (χ2v) is 8.62. The summed E-state index contributed by atoms with van der Waals surface area (Å²) < 4.78 is 46.1.